The van der Waals surface area contributed by atoms with Crippen LogP contribution in [0.2, 0.25) is 0 Å². The lowest BCUT2D eigenvalue weighted by molar-refractivity contribution is -0.137. The molecule has 4 nitrogen and oxygen atoms in total. The molecule has 1 aromatic carbocycles. The molecule has 0 aliphatic rings. The molecule has 7 heteroatoms. The van der Waals surface area contributed by atoms with E-state index in [4.69, 9.17) is 5.53 Å². The van der Waals surface area contributed by atoms with E-state index in [9.17, 15) is 13.2 Å². The first-order valence-corrected chi connectivity index (χ1v) is 4.92. The van der Waals surface area contributed by atoms with Crippen LogP contribution in [0.1, 0.15) is 5.56 Å². The minimum absolute atomic E-state index is 0.0662. The first kappa shape index (κ1) is 12.1. The number of halogens is 3. The van der Waals surface area contributed by atoms with E-state index >= 15 is 0 Å². The number of benzene rings is 1. The Hall–Kier alpha value is -2.40. The predicted molar refractivity (Wildman–Crippen MR) is 59.6 cm³/mol. The highest BCUT2D eigenvalue weighted by Crippen LogP contribution is 2.34. The van der Waals surface area contributed by atoms with Crippen molar-refractivity contribution in [3.05, 3.63) is 58.7 Å². The summed E-state index contributed by atoms with van der Waals surface area (Å²) in [5.74, 6) is 0. The van der Waals surface area contributed by atoms with Crippen molar-refractivity contribution in [1.82, 2.24) is 4.57 Å². The molecule has 0 aliphatic heterocycles. The Morgan fingerprint density at radius 1 is 1.17 bits per heavy atom. The third kappa shape index (κ3) is 2.31. The molecule has 0 spiro atoms. The Bertz CT molecular complexity index is 595. The van der Waals surface area contributed by atoms with E-state index in [2.05, 4.69) is 10.0 Å². The van der Waals surface area contributed by atoms with Crippen LogP contribution in [0, 0.1) is 0 Å². The summed E-state index contributed by atoms with van der Waals surface area (Å²) >= 11 is 0. The van der Waals surface area contributed by atoms with Gasteiger partial charge in [0, 0.05) is 17.3 Å². The SMILES string of the molecule is [N-]=[N+]=Nc1cc(C(F)(F)F)ccc1-n1cccc1. The summed E-state index contributed by atoms with van der Waals surface area (Å²) in [6, 6.07) is 6.49. The molecule has 0 fully saturated rings. The lowest BCUT2D eigenvalue weighted by Crippen LogP contribution is -2.05. The Kier molecular flexibility index (Phi) is 2.99. The van der Waals surface area contributed by atoms with Crippen LogP contribution in [0.3, 0.4) is 0 Å². The van der Waals surface area contributed by atoms with Gasteiger partial charge in [0.05, 0.1) is 16.9 Å². The Labute approximate surface area is 99.9 Å². The molecule has 0 amide bonds. The van der Waals surface area contributed by atoms with Gasteiger partial charge in [0.2, 0.25) is 0 Å². The summed E-state index contributed by atoms with van der Waals surface area (Å²) < 4.78 is 39.2. The first-order chi connectivity index (χ1) is 8.52. The summed E-state index contributed by atoms with van der Waals surface area (Å²) in [5, 5.41) is 3.30. The van der Waals surface area contributed by atoms with Gasteiger partial charge in [-0.15, -0.1) is 0 Å². The topological polar surface area (TPSA) is 53.7 Å². The van der Waals surface area contributed by atoms with E-state index in [0.29, 0.717) is 5.69 Å². The number of rotatable bonds is 2. The van der Waals surface area contributed by atoms with Gasteiger partial charge in [-0.1, -0.05) is 5.11 Å². The average Bonchev–Trinajstić information content (AvgIpc) is 2.81. The second kappa shape index (κ2) is 4.46. The molecule has 92 valence electrons. The van der Waals surface area contributed by atoms with Crippen molar-refractivity contribution in [2.75, 3.05) is 0 Å². The third-order valence-electron chi connectivity index (χ3n) is 2.34. The number of hydrogen-bond donors (Lipinski definition) is 0. The zero-order valence-corrected chi connectivity index (χ0v) is 8.96. The number of aromatic nitrogens is 1. The maximum atomic E-state index is 12.5. The number of azide groups is 1. The summed E-state index contributed by atoms with van der Waals surface area (Å²) in [6.45, 7) is 0. The first-order valence-electron chi connectivity index (χ1n) is 4.92. The molecule has 0 saturated carbocycles. The van der Waals surface area contributed by atoms with Crippen molar-refractivity contribution < 1.29 is 13.2 Å². The predicted octanol–water partition coefficient (Wildman–Crippen LogP) is 4.44. The van der Waals surface area contributed by atoms with Crippen LogP contribution >= 0.6 is 0 Å². The molecule has 2 rings (SSSR count). The quantitative estimate of drug-likeness (QED) is 0.431. The molecular formula is C11H7F3N4. The van der Waals surface area contributed by atoms with Crippen molar-refractivity contribution in [1.29, 1.82) is 0 Å². The Morgan fingerprint density at radius 2 is 1.83 bits per heavy atom. The van der Waals surface area contributed by atoms with Gasteiger partial charge in [0.1, 0.15) is 0 Å². The van der Waals surface area contributed by atoms with Crippen LogP contribution in [0.25, 0.3) is 16.1 Å². The van der Waals surface area contributed by atoms with E-state index in [1.807, 2.05) is 0 Å². The van der Waals surface area contributed by atoms with Gasteiger partial charge >= 0.3 is 6.18 Å². The largest absolute Gasteiger partial charge is 0.416 e. The highest BCUT2D eigenvalue weighted by atomic mass is 19.4. The fraction of sp³-hybridized carbons (Fsp3) is 0.0909. The maximum Gasteiger partial charge on any atom is 0.416 e. The highest BCUT2D eigenvalue weighted by Gasteiger charge is 2.30. The van der Waals surface area contributed by atoms with Crippen LogP contribution in [0.5, 0.6) is 0 Å². The summed E-state index contributed by atoms with van der Waals surface area (Å²) in [5.41, 5.74) is 7.88. The van der Waals surface area contributed by atoms with Gasteiger partial charge in [-0.05, 0) is 35.9 Å². The van der Waals surface area contributed by atoms with Crippen molar-refractivity contribution in [3.8, 4) is 5.69 Å². The summed E-state index contributed by atoms with van der Waals surface area (Å²) in [7, 11) is 0. The van der Waals surface area contributed by atoms with Gasteiger partial charge in [-0.3, -0.25) is 0 Å². The van der Waals surface area contributed by atoms with Crippen LogP contribution in [-0.4, -0.2) is 4.57 Å². The molecule has 0 N–H and O–H groups in total. The van der Waals surface area contributed by atoms with Gasteiger partial charge in [0.25, 0.3) is 0 Å². The number of alkyl halides is 3. The van der Waals surface area contributed by atoms with Gasteiger partial charge in [0.15, 0.2) is 0 Å². The number of hydrogen-bond acceptors (Lipinski definition) is 1. The Balaban J connectivity index is 2.59. The van der Waals surface area contributed by atoms with E-state index < -0.39 is 11.7 Å². The highest BCUT2D eigenvalue weighted by molar-refractivity contribution is 5.59. The van der Waals surface area contributed by atoms with E-state index in [1.54, 1.807) is 29.1 Å². The maximum absolute atomic E-state index is 12.5. The summed E-state index contributed by atoms with van der Waals surface area (Å²) in [4.78, 5) is 2.54. The van der Waals surface area contributed by atoms with Crippen LogP contribution < -0.4 is 0 Å². The standard InChI is InChI=1S/C11H7F3N4/c12-11(13,14)8-3-4-10(9(7-8)16-17-15)18-5-1-2-6-18/h1-7H. The zero-order chi connectivity index (χ0) is 13.2. The minimum atomic E-state index is -4.46. The van der Waals surface area contributed by atoms with E-state index in [1.165, 1.54) is 6.07 Å². The molecule has 0 bridgehead atoms. The van der Waals surface area contributed by atoms with Crippen molar-refractivity contribution >= 4 is 5.69 Å². The van der Waals surface area contributed by atoms with Crippen LogP contribution in [-0.2, 0) is 6.18 Å². The molecule has 0 atom stereocenters. The summed E-state index contributed by atoms with van der Waals surface area (Å²) in [6.07, 6.45) is -1.16. The molecule has 2 aromatic rings. The van der Waals surface area contributed by atoms with Crippen molar-refractivity contribution in [2.24, 2.45) is 5.11 Å². The van der Waals surface area contributed by atoms with E-state index in [-0.39, 0.29) is 5.69 Å². The van der Waals surface area contributed by atoms with Gasteiger partial charge in [-0.2, -0.15) is 13.2 Å². The molecule has 0 unspecified atom stereocenters. The Morgan fingerprint density at radius 3 is 2.39 bits per heavy atom. The number of nitrogens with zero attached hydrogens (tertiary/aromatic N) is 4. The second-order valence-electron chi connectivity index (χ2n) is 3.48. The molecule has 0 radical (unpaired) electrons. The molecule has 1 heterocycles. The van der Waals surface area contributed by atoms with Crippen LogP contribution in [0.4, 0.5) is 18.9 Å². The second-order valence-corrected chi connectivity index (χ2v) is 3.48. The van der Waals surface area contributed by atoms with Gasteiger partial charge in [-0.25, -0.2) is 0 Å². The lowest BCUT2D eigenvalue weighted by atomic mass is 10.1. The smallest absolute Gasteiger partial charge is 0.323 e. The van der Waals surface area contributed by atoms with Crippen molar-refractivity contribution in [2.45, 2.75) is 6.18 Å². The normalized spacial score (nSPS) is 11.1. The molecule has 1 aromatic heterocycles. The molecule has 0 saturated heterocycles. The molecule has 18 heavy (non-hydrogen) atoms. The monoisotopic (exact) mass is 252 g/mol. The fourth-order valence-electron chi connectivity index (χ4n) is 1.54. The average molecular weight is 252 g/mol. The fourth-order valence-corrected chi connectivity index (χ4v) is 1.54. The zero-order valence-electron chi connectivity index (χ0n) is 8.96. The van der Waals surface area contributed by atoms with E-state index in [0.717, 1.165) is 12.1 Å². The van der Waals surface area contributed by atoms with Gasteiger partial charge < -0.3 is 4.57 Å². The lowest BCUT2D eigenvalue weighted by Gasteiger charge is -2.11. The third-order valence-corrected chi connectivity index (χ3v) is 2.34. The minimum Gasteiger partial charge on any atom is -0.323 e. The molecule has 0 aliphatic carbocycles. The van der Waals surface area contributed by atoms with Crippen molar-refractivity contribution in [3.63, 3.8) is 0 Å². The van der Waals surface area contributed by atoms with Crippen LogP contribution in [0.15, 0.2) is 47.8 Å². The molecular weight excluding hydrogens is 245 g/mol.